The average molecular weight is 199 g/mol. The van der Waals surface area contributed by atoms with Gasteiger partial charge in [0, 0.05) is 6.04 Å². The maximum atomic E-state index is 9.73. The Labute approximate surface area is 86.4 Å². The molecule has 1 aromatic rings. The van der Waals surface area contributed by atoms with Gasteiger partial charge in [0.25, 0.3) is 0 Å². The molecule has 0 fully saturated rings. The quantitative estimate of drug-likeness (QED) is 0.772. The number of aliphatic hydroxyl groups is 1. The summed E-state index contributed by atoms with van der Waals surface area (Å²) in [7, 11) is 1.84. The van der Waals surface area contributed by atoms with Gasteiger partial charge in [-0.05, 0) is 19.5 Å². The van der Waals surface area contributed by atoms with E-state index < -0.39 is 6.10 Å². The molecule has 0 radical (unpaired) electrons. The molecule has 0 amide bonds. The predicted octanol–water partition coefficient (Wildman–Crippen LogP) is 1.44. The third-order valence-electron chi connectivity index (χ3n) is 2.07. The summed E-state index contributed by atoms with van der Waals surface area (Å²) in [6.07, 6.45) is -0.420. The number of aliphatic hydroxyl groups excluding tert-OH is 1. The third kappa shape index (κ3) is 3.38. The first-order valence-corrected chi connectivity index (χ1v) is 4.16. The number of rotatable bonds is 3. The molecule has 0 heterocycles. The molecular formula is C10H17NOS. The summed E-state index contributed by atoms with van der Waals surface area (Å²) in [5.74, 6) is 0. The molecule has 0 unspecified atom stereocenters. The summed E-state index contributed by atoms with van der Waals surface area (Å²) in [4.78, 5) is 0. The highest BCUT2D eigenvalue weighted by molar-refractivity contribution is 7.59. The van der Waals surface area contributed by atoms with Crippen molar-refractivity contribution < 1.29 is 5.11 Å². The molecule has 13 heavy (non-hydrogen) atoms. The SMILES string of the molecule is CN[C@H](C)[C@@H](O)c1ccccc1.S. The molecule has 2 atom stereocenters. The van der Waals surface area contributed by atoms with Crippen LogP contribution in [0.25, 0.3) is 0 Å². The van der Waals surface area contributed by atoms with Crippen LogP contribution in [0.5, 0.6) is 0 Å². The second-order valence-corrected chi connectivity index (χ2v) is 2.93. The van der Waals surface area contributed by atoms with Crippen LogP contribution in [0.2, 0.25) is 0 Å². The Morgan fingerprint density at radius 3 is 2.23 bits per heavy atom. The summed E-state index contributed by atoms with van der Waals surface area (Å²) in [6, 6.07) is 9.76. The van der Waals surface area contributed by atoms with Gasteiger partial charge in [-0.15, -0.1) is 0 Å². The van der Waals surface area contributed by atoms with E-state index in [-0.39, 0.29) is 19.5 Å². The number of hydrogen-bond donors (Lipinski definition) is 2. The molecule has 2 nitrogen and oxygen atoms in total. The molecule has 3 heteroatoms. The number of nitrogens with one attached hydrogen (secondary N) is 1. The molecule has 1 rings (SSSR count). The molecule has 1 aromatic carbocycles. The molecule has 0 saturated carbocycles. The van der Waals surface area contributed by atoms with Gasteiger partial charge in [0.05, 0.1) is 6.10 Å². The van der Waals surface area contributed by atoms with Gasteiger partial charge in [-0.1, -0.05) is 30.3 Å². The Hall–Kier alpha value is -0.510. The van der Waals surface area contributed by atoms with Crippen molar-refractivity contribution >= 4 is 13.5 Å². The first-order chi connectivity index (χ1) is 5.75. The fourth-order valence-electron chi connectivity index (χ4n) is 1.10. The lowest BCUT2D eigenvalue weighted by molar-refractivity contribution is 0.140. The highest BCUT2D eigenvalue weighted by Gasteiger charge is 2.12. The van der Waals surface area contributed by atoms with Gasteiger partial charge >= 0.3 is 0 Å². The van der Waals surface area contributed by atoms with E-state index in [0.717, 1.165) is 5.56 Å². The molecule has 2 N–H and O–H groups in total. The van der Waals surface area contributed by atoms with Crippen molar-refractivity contribution in [3.63, 3.8) is 0 Å². The lowest BCUT2D eigenvalue weighted by Crippen LogP contribution is -2.28. The van der Waals surface area contributed by atoms with Crippen LogP contribution in [0.3, 0.4) is 0 Å². The van der Waals surface area contributed by atoms with Crippen LogP contribution in [0.15, 0.2) is 30.3 Å². The minimum absolute atomic E-state index is 0. The maximum Gasteiger partial charge on any atom is 0.0940 e. The zero-order valence-corrected chi connectivity index (χ0v) is 8.99. The lowest BCUT2D eigenvalue weighted by atomic mass is 10.0. The van der Waals surface area contributed by atoms with Crippen LogP contribution in [0.4, 0.5) is 0 Å². The zero-order valence-electron chi connectivity index (χ0n) is 7.99. The molecule has 0 saturated heterocycles. The van der Waals surface area contributed by atoms with E-state index >= 15 is 0 Å². The molecule has 0 spiro atoms. The molecule has 74 valence electrons. The van der Waals surface area contributed by atoms with Crippen molar-refractivity contribution in [3.8, 4) is 0 Å². The number of benzene rings is 1. The Balaban J connectivity index is 0.00000144. The molecule has 0 aliphatic carbocycles. The molecular weight excluding hydrogens is 182 g/mol. The summed E-state index contributed by atoms with van der Waals surface area (Å²) in [5, 5.41) is 12.7. The lowest BCUT2D eigenvalue weighted by Gasteiger charge is -2.17. The Kier molecular flexibility index (Phi) is 5.79. The second kappa shape index (κ2) is 6.02. The summed E-state index contributed by atoms with van der Waals surface area (Å²) in [5.41, 5.74) is 0.958. The monoisotopic (exact) mass is 199 g/mol. The topological polar surface area (TPSA) is 32.3 Å². The molecule has 0 aliphatic rings. The highest BCUT2D eigenvalue weighted by atomic mass is 32.1. The van der Waals surface area contributed by atoms with Gasteiger partial charge in [-0.3, -0.25) is 0 Å². The van der Waals surface area contributed by atoms with Gasteiger partial charge in [0.2, 0.25) is 0 Å². The average Bonchev–Trinajstić information content (AvgIpc) is 2.17. The van der Waals surface area contributed by atoms with Gasteiger partial charge in [0.1, 0.15) is 0 Å². The summed E-state index contributed by atoms with van der Waals surface area (Å²) >= 11 is 0. The Bertz CT molecular complexity index is 228. The number of hydrogen-bond acceptors (Lipinski definition) is 2. The van der Waals surface area contributed by atoms with Gasteiger partial charge < -0.3 is 10.4 Å². The summed E-state index contributed by atoms with van der Waals surface area (Å²) in [6.45, 7) is 1.96. The normalized spacial score (nSPS) is 14.4. The van der Waals surface area contributed by atoms with Crippen molar-refractivity contribution in [1.82, 2.24) is 5.32 Å². The van der Waals surface area contributed by atoms with E-state index in [1.807, 2.05) is 44.3 Å². The molecule has 0 bridgehead atoms. The Morgan fingerprint density at radius 1 is 1.23 bits per heavy atom. The van der Waals surface area contributed by atoms with Crippen molar-refractivity contribution in [3.05, 3.63) is 35.9 Å². The zero-order chi connectivity index (χ0) is 8.97. The van der Waals surface area contributed by atoms with E-state index in [9.17, 15) is 5.11 Å². The van der Waals surface area contributed by atoms with Crippen molar-refractivity contribution in [1.29, 1.82) is 0 Å². The van der Waals surface area contributed by atoms with E-state index in [1.54, 1.807) is 0 Å². The predicted molar refractivity (Wildman–Crippen MR) is 60.3 cm³/mol. The van der Waals surface area contributed by atoms with Crippen LogP contribution >= 0.6 is 13.5 Å². The van der Waals surface area contributed by atoms with Gasteiger partial charge in [0.15, 0.2) is 0 Å². The third-order valence-corrected chi connectivity index (χ3v) is 2.07. The van der Waals surface area contributed by atoms with Crippen molar-refractivity contribution in [2.45, 2.75) is 19.1 Å². The van der Waals surface area contributed by atoms with E-state index in [4.69, 9.17) is 0 Å². The van der Waals surface area contributed by atoms with E-state index in [1.165, 1.54) is 0 Å². The summed E-state index contributed by atoms with van der Waals surface area (Å²) < 4.78 is 0. The van der Waals surface area contributed by atoms with Crippen LogP contribution in [0.1, 0.15) is 18.6 Å². The fraction of sp³-hybridized carbons (Fsp3) is 0.400. The fourth-order valence-corrected chi connectivity index (χ4v) is 1.10. The minimum Gasteiger partial charge on any atom is -0.387 e. The van der Waals surface area contributed by atoms with Gasteiger partial charge in [-0.2, -0.15) is 13.5 Å². The van der Waals surface area contributed by atoms with Gasteiger partial charge in [-0.25, -0.2) is 0 Å². The first kappa shape index (κ1) is 12.5. The maximum absolute atomic E-state index is 9.73. The Morgan fingerprint density at radius 2 is 1.77 bits per heavy atom. The van der Waals surface area contributed by atoms with Crippen LogP contribution in [-0.2, 0) is 0 Å². The van der Waals surface area contributed by atoms with Crippen molar-refractivity contribution in [2.24, 2.45) is 0 Å². The molecule has 0 aliphatic heterocycles. The van der Waals surface area contributed by atoms with Crippen LogP contribution in [0, 0.1) is 0 Å². The first-order valence-electron chi connectivity index (χ1n) is 4.16. The van der Waals surface area contributed by atoms with Crippen LogP contribution < -0.4 is 5.32 Å². The van der Waals surface area contributed by atoms with Crippen molar-refractivity contribution in [2.75, 3.05) is 7.05 Å². The van der Waals surface area contributed by atoms with E-state index in [0.29, 0.717) is 0 Å². The largest absolute Gasteiger partial charge is 0.387 e. The van der Waals surface area contributed by atoms with Crippen LogP contribution in [-0.4, -0.2) is 18.2 Å². The number of likely N-dealkylation sites (N-methyl/N-ethyl adjacent to an activating group) is 1. The smallest absolute Gasteiger partial charge is 0.0940 e. The van der Waals surface area contributed by atoms with E-state index in [2.05, 4.69) is 5.32 Å². The highest BCUT2D eigenvalue weighted by Crippen LogP contribution is 2.15. The second-order valence-electron chi connectivity index (χ2n) is 2.93. The minimum atomic E-state index is -0.420. The molecule has 0 aromatic heterocycles. The standard InChI is InChI=1S/C10H15NO.H2S/c1-8(11-2)10(12)9-6-4-3-5-7-9;/h3-8,10-12H,1-2H3;1H2/t8-,10-;/m1./s1.